The molecule has 1 aliphatic rings. The van der Waals surface area contributed by atoms with Gasteiger partial charge < -0.3 is 10.2 Å². The molecule has 0 radical (unpaired) electrons. The smallest absolute Gasteiger partial charge is 0.137 e. The molecule has 2 rings (SSSR count). The van der Waals surface area contributed by atoms with Crippen molar-refractivity contribution in [2.24, 2.45) is 11.3 Å². The van der Waals surface area contributed by atoms with Crippen LogP contribution >= 0.6 is 0 Å². The minimum atomic E-state index is 0.417. The molecule has 1 aliphatic heterocycles. The normalized spacial score (nSPS) is 17.1. The monoisotopic (exact) mass is 290 g/mol. The molecule has 0 atom stereocenters. The molecule has 118 valence electrons. The van der Waals surface area contributed by atoms with Gasteiger partial charge >= 0.3 is 0 Å². The number of hydrogen-bond acceptors (Lipinski definition) is 4. The fourth-order valence-electron chi connectivity index (χ4n) is 3.28. The van der Waals surface area contributed by atoms with Crippen LogP contribution in [0, 0.1) is 11.3 Å². The predicted octanol–water partition coefficient (Wildman–Crippen LogP) is 3.73. The Bertz CT molecular complexity index is 456. The molecular weight excluding hydrogens is 260 g/mol. The second-order valence-corrected chi connectivity index (χ2v) is 7.04. The van der Waals surface area contributed by atoms with E-state index in [0.717, 1.165) is 43.6 Å². The van der Waals surface area contributed by atoms with E-state index in [1.807, 2.05) is 0 Å². The van der Waals surface area contributed by atoms with Crippen LogP contribution < -0.4 is 10.2 Å². The van der Waals surface area contributed by atoms with Crippen LogP contribution in [0.1, 0.15) is 53.0 Å². The summed E-state index contributed by atoms with van der Waals surface area (Å²) in [5.74, 6) is 2.95. The van der Waals surface area contributed by atoms with Crippen molar-refractivity contribution in [3.05, 3.63) is 11.9 Å². The van der Waals surface area contributed by atoms with Gasteiger partial charge in [-0.3, -0.25) is 0 Å². The minimum Gasteiger partial charge on any atom is -0.370 e. The maximum atomic E-state index is 4.58. The number of hydrogen-bond donors (Lipinski definition) is 1. The standard InChI is InChI=1S/C17H30N4/c1-6-14-15(18-7-2)19-12-20-16(14)21-10-8-13(9-11-21)17(3,4)5/h12-13H,6-11H2,1-5H3,(H,18,19,20). The summed E-state index contributed by atoms with van der Waals surface area (Å²) in [7, 11) is 0. The van der Waals surface area contributed by atoms with E-state index >= 15 is 0 Å². The zero-order chi connectivity index (χ0) is 15.5. The summed E-state index contributed by atoms with van der Waals surface area (Å²) in [6.07, 6.45) is 5.18. The maximum absolute atomic E-state index is 4.58. The van der Waals surface area contributed by atoms with Crippen molar-refractivity contribution in [1.82, 2.24) is 9.97 Å². The number of nitrogens with one attached hydrogen (secondary N) is 1. The van der Waals surface area contributed by atoms with E-state index in [1.54, 1.807) is 6.33 Å². The third-order valence-corrected chi connectivity index (χ3v) is 4.64. The average molecular weight is 290 g/mol. The topological polar surface area (TPSA) is 41.1 Å². The van der Waals surface area contributed by atoms with Gasteiger partial charge in [0.15, 0.2) is 0 Å². The van der Waals surface area contributed by atoms with Crippen LogP contribution in [-0.2, 0) is 6.42 Å². The lowest BCUT2D eigenvalue weighted by molar-refractivity contribution is 0.198. The van der Waals surface area contributed by atoms with Gasteiger partial charge in [0.1, 0.15) is 18.0 Å². The van der Waals surface area contributed by atoms with Crippen molar-refractivity contribution in [2.75, 3.05) is 29.9 Å². The summed E-state index contributed by atoms with van der Waals surface area (Å²) < 4.78 is 0. The second-order valence-electron chi connectivity index (χ2n) is 7.04. The highest BCUT2D eigenvalue weighted by molar-refractivity contribution is 5.58. The van der Waals surface area contributed by atoms with Gasteiger partial charge in [-0.25, -0.2) is 9.97 Å². The van der Waals surface area contributed by atoms with Crippen molar-refractivity contribution in [1.29, 1.82) is 0 Å². The van der Waals surface area contributed by atoms with E-state index in [0.29, 0.717) is 5.41 Å². The molecule has 1 aromatic rings. The van der Waals surface area contributed by atoms with Crippen molar-refractivity contribution in [3.8, 4) is 0 Å². The summed E-state index contributed by atoms with van der Waals surface area (Å²) in [6, 6.07) is 0. The number of aromatic nitrogens is 2. The molecule has 0 bridgehead atoms. The van der Waals surface area contributed by atoms with Gasteiger partial charge in [-0.15, -0.1) is 0 Å². The third-order valence-electron chi connectivity index (χ3n) is 4.64. The zero-order valence-corrected chi connectivity index (χ0v) is 14.2. The summed E-state index contributed by atoms with van der Waals surface area (Å²) in [6.45, 7) is 14.5. The Kier molecular flexibility index (Phi) is 5.07. The molecule has 0 aromatic carbocycles. The molecule has 1 N–H and O–H groups in total. The van der Waals surface area contributed by atoms with Gasteiger partial charge in [-0.2, -0.15) is 0 Å². The highest BCUT2D eigenvalue weighted by Gasteiger charge is 2.30. The Morgan fingerprint density at radius 3 is 2.38 bits per heavy atom. The van der Waals surface area contributed by atoms with E-state index in [4.69, 9.17) is 0 Å². The number of anilines is 2. The molecule has 1 saturated heterocycles. The highest BCUT2D eigenvalue weighted by Crippen LogP contribution is 2.36. The Labute approximate surface area is 129 Å². The van der Waals surface area contributed by atoms with Gasteiger partial charge in [-0.05, 0) is 37.5 Å². The lowest BCUT2D eigenvalue weighted by Crippen LogP contribution is -2.39. The largest absolute Gasteiger partial charge is 0.370 e. The first-order chi connectivity index (χ1) is 9.97. The first-order valence-electron chi connectivity index (χ1n) is 8.30. The molecule has 21 heavy (non-hydrogen) atoms. The molecule has 4 heteroatoms. The molecule has 4 nitrogen and oxygen atoms in total. The van der Waals surface area contributed by atoms with Gasteiger partial charge in [0.2, 0.25) is 0 Å². The second kappa shape index (κ2) is 6.63. The Balaban J connectivity index is 2.15. The fourth-order valence-corrected chi connectivity index (χ4v) is 3.28. The van der Waals surface area contributed by atoms with Crippen LogP contribution in [0.5, 0.6) is 0 Å². The summed E-state index contributed by atoms with van der Waals surface area (Å²) in [4.78, 5) is 11.4. The van der Waals surface area contributed by atoms with E-state index in [9.17, 15) is 0 Å². The molecule has 0 spiro atoms. The zero-order valence-electron chi connectivity index (χ0n) is 14.2. The van der Waals surface area contributed by atoms with E-state index in [-0.39, 0.29) is 0 Å². The molecule has 0 unspecified atom stereocenters. The van der Waals surface area contributed by atoms with Crippen molar-refractivity contribution in [3.63, 3.8) is 0 Å². The number of nitrogens with zero attached hydrogens (tertiary/aromatic N) is 3. The van der Waals surface area contributed by atoms with Crippen LogP contribution in [0.4, 0.5) is 11.6 Å². The van der Waals surface area contributed by atoms with Gasteiger partial charge in [0.25, 0.3) is 0 Å². The highest BCUT2D eigenvalue weighted by atomic mass is 15.2. The number of rotatable bonds is 4. The minimum absolute atomic E-state index is 0.417. The van der Waals surface area contributed by atoms with Crippen LogP contribution in [0.25, 0.3) is 0 Å². The molecule has 0 aliphatic carbocycles. The molecule has 1 fully saturated rings. The first kappa shape index (κ1) is 16.1. The lowest BCUT2D eigenvalue weighted by atomic mass is 9.75. The average Bonchev–Trinajstić information content (AvgIpc) is 2.46. The van der Waals surface area contributed by atoms with Crippen LogP contribution in [-0.4, -0.2) is 29.6 Å². The van der Waals surface area contributed by atoms with E-state index in [1.165, 1.54) is 18.4 Å². The van der Waals surface area contributed by atoms with Gasteiger partial charge in [0.05, 0.1) is 0 Å². The van der Waals surface area contributed by atoms with Crippen molar-refractivity contribution in [2.45, 2.75) is 53.9 Å². The maximum Gasteiger partial charge on any atom is 0.137 e. The Hall–Kier alpha value is -1.32. The van der Waals surface area contributed by atoms with Crippen molar-refractivity contribution < 1.29 is 0 Å². The molecule has 0 saturated carbocycles. The molecule has 2 heterocycles. The lowest BCUT2D eigenvalue weighted by Gasteiger charge is -2.39. The third kappa shape index (κ3) is 3.66. The van der Waals surface area contributed by atoms with E-state index < -0.39 is 0 Å². The SMILES string of the molecule is CCNc1ncnc(N2CCC(C(C)(C)C)CC2)c1CC. The summed E-state index contributed by atoms with van der Waals surface area (Å²) in [5, 5.41) is 3.36. The van der Waals surface area contributed by atoms with E-state index in [2.05, 4.69) is 54.8 Å². The number of piperidine rings is 1. The van der Waals surface area contributed by atoms with Crippen LogP contribution in [0.3, 0.4) is 0 Å². The van der Waals surface area contributed by atoms with Gasteiger partial charge in [0, 0.05) is 25.2 Å². The first-order valence-corrected chi connectivity index (χ1v) is 8.30. The van der Waals surface area contributed by atoms with Crippen LogP contribution in [0.15, 0.2) is 6.33 Å². The quantitative estimate of drug-likeness (QED) is 0.917. The Morgan fingerprint density at radius 1 is 1.19 bits per heavy atom. The molecular formula is C17H30N4. The summed E-state index contributed by atoms with van der Waals surface area (Å²) >= 11 is 0. The van der Waals surface area contributed by atoms with Crippen molar-refractivity contribution >= 4 is 11.6 Å². The molecule has 1 aromatic heterocycles. The van der Waals surface area contributed by atoms with Gasteiger partial charge in [-0.1, -0.05) is 27.7 Å². The summed E-state index contributed by atoms with van der Waals surface area (Å²) in [5.41, 5.74) is 1.67. The molecule has 0 amide bonds. The fraction of sp³-hybridized carbons (Fsp3) is 0.765. The predicted molar refractivity (Wildman–Crippen MR) is 90.0 cm³/mol. The van der Waals surface area contributed by atoms with Crippen LogP contribution in [0.2, 0.25) is 0 Å². The Morgan fingerprint density at radius 2 is 1.86 bits per heavy atom.